The van der Waals surface area contributed by atoms with Crippen LogP contribution in [0.5, 0.6) is 11.5 Å². The van der Waals surface area contributed by atoms with Crippen LogP contribution in [0, 0.1) is 0 Å². The van der Waals surface area contributed by atoms with Gasteiger partial charge >= 0.3 is 6.03 Å². The summed E-state index contributed by atoms with van der Waals surface area (Å²) in [7, 11) is 3.17. The Labute approximate surface area is 162 Å². The molecule has 0 aliphatic heterocycles. The number of nitrogens with one attached hydrogen (secondary N) is 2. The van der Waals surface area contributed by atoms with Gasteiger partial charge in [0, 0.05) is 22.8 Å². The fourth-order valence-electron chi connectivity index (χ4n) is 2.63. The van der Waals surface area contributed by atoms with Crippen LogP contribution >= 0.6 is 11.3 Å². The van der Waals surface area contributed by atoms with Crippen LogP contribution in [0.3, 0.4) is 0 Å². The number of hydrogen-bond acceptors (Lipinski definition) is 5. The quantitative estimate of drug-likeness (QED) is 0.647. The van der Waals surface area contributed by atoms with E-state index in [0.29, 0.717) is 17.2 Å². The van der Waals surface area contributed by atoms with Gasteiger partial charge in [0.25, 0.3) is 0 Å². The molecule has 0 saturated heterocycles. The van der Waals surface area contributed by atoms with E-state index < -0.39 is 0 Å². The van der Waals surface area contributed by atoms with Crippen LogP contribution in [-0.4, -0.2) is 25.2 Å². The van der Waals surface area contributed by atoms with E-state index in [1.54, 1.807) is 31.8 Å². The molecule has 1 aromatic heterocycles. The van der Waals surface area contributed by atoms with E-state index in [9.17, 15) is 4.79 Å². The van der Waals surface area contributed by atoms with E-state index in [-0.39, 0.29) is 12.1 Å². The van der Waals surface area contributed by atoms with E-state index in [0.717, 1.165) is 16.1 Å². The number of carbonyl (C=O) groups is 1. The summed E-state index contributed by atoms with van der Waals surface area (Å²) in [6.45, 7) is 1.91. The van der Waals surface area contributed by atoms with E-state index in [4.69, 9.17) is 9.47 Å². The summed E-state index contributed by atoms with van der Waals surface area (Å²) in [5.74, 6) is 1.28. The molecule has 0 fully saturated rings. The summed E-state index contributed by atoms with van der Waals surface area (Å²) >= 11 is 1.58. The first-order chi connectivity index (χ1) is 13.1. The number of ether oxygens (including phenoxy) is 2. The number of amides is 2. The standard InChI is InChI=1S/C20H21N3O3S/c1-13(15-6-9-17(25-2)18(12-15)26-3)22-20(24)23-16-7-4-14(5-8-16)19-21-10-11-27-19/h4-13H,1-3H3,(H2,22,23,24). The molecule has 2 amide bonds. The van der Waals surface area contributed by atoms with Crippen LogP contribution in [0.4, 0.5) is 10.5 Å². The maximum atomic E-state index is 12.3. The monoisotopic (exact) mass is 383 g/mol. The Hall–Kier alpha value is -3.06. The fourth-order valence-corrected chi connectivity index (χ4v) is 3.28. The number of hydrogen-bond donors (Lipinski definition) is 2. The molecule has 0 radical (unpaired) electrons. The van der Waals surface area contributed by atoms with E-state index in [1.807, 2.05) is 54.8 Å². The first kappa shape index (κ1) is 18.7. The SMILES string of the molecule is COc1ccc(C(C)NC(=O)Nc2ccc(-c3nccs3)cc2)cc1OC. The number of methoxy groups -OCH3 is 2. The number of aromatic nitrogens is 1. The number of urea groups is 1. The first-order valence-corrected chi connectivity index (χ1v) is 9.28. The summed E-state index contributed by atoms with van der Waals surface area (Å²) in [6, 6.07) is 12.7. The van der Waals surface area contributed by atoms with Gasteiger partial charge in [0.05, 0.1) is 20.3 Å². The topological polar surface area (TPSA) is 72.5 Å². The lowest BCUT2D eigenvalue weighted by molar-refractivity contribution is 0.249. The highest BCUT2D eigenvalue weighted by Gasteiger charge is 2.13. The highest BCUT2D eigenvalue weighted by molar-refractivity contribution is 7.13. The number of nitrogens with zero attached hydrogens (tertiary/aromatic N) is 1. The molecule has 0 aliphatic rings. The molecule has 0 saturated carbocycles. The van der Waals surface area contributed by atoms with Gasteiger partial charge in [-0.25, -0.2) is 9.78 Å². The second-order valence-electron chi connectivity index (χ2n) is 5.85. The van der Waals surface area contributed by atoms with Crippen molar-refractivity contribution >= 4 is 23.1 Å². The molecule has 0 spiro atoms. The predicted molar refractivity (Wildman–Crippen MR) is 108 cm³/mol. The summed E-state index contributed by atoms with van der Waals surface area (Å²) in [5, 5.41) is 8.65. The molecule has 1 unspecified atom stereocenters. The predicted octanol–water partition coefficient (Wildman–Crippen LogP) is 4.71. The summed E-state index contributed by atoms with van der Waals surface area (Å²) < 4.78 is 10.6. The van der Waals surface area contributed by atoms with Gasteiger partial charge in [0.2, 0.25) is 0 Å². The number of carbonyl (C=O) groups excluding carboxylic acids is 1. The van der Waals surface area contributed by atoms with Crippen molar-refractivity contribution in [1.29, 1.82) is 0 Å². The fraction of sp³-hybridized carbons (Fsp3) is 0.200. The molecule has 2 aromatic carbocycles. The van der Waals surface area contributed by atoms with Gasteiger partial charge in [-0.15, -0.1) is 11.3 Å². The van der Waals surface area contributed by atoms with Gasteiger partial charge in [-0.05, 0) is 48.9 Å². The first-order valence-electron chi connectivity index (χ1n) is 8.40. The van der Waals surface area contributed by atoms with E-state index in [1.165, 1.54) is 0 Å². The Bertz CT molecular complexity index is 895. The number of rotatable bonds is 6. The smallest absolute Gasteiger partial charge is 0.319 e. The van der Waals surface area contributed by atoms with Crippen molar-refractivity contribution in [2.45, 2.75) is 13.0 Å². The van der Waals surface area contributed by atoms with E-state index >= 15 is 0 Å². The lowest BCUT2D eigenvalue weighted by Gasteiger charge is -2.17. The van der Waals surface area contributed by atoms with Gasteiger partial charge in [0.15, 0.2) is 11.5 Å². The van der Waals surface area contributed by atoms with E-state index in [2.05, 4.69) is 15.6 Å². The summed E-state index contributed by atoms with van der Waals surface area (Å²) in [4.78, 5) is 16.6. The number of anilines is 1. The largest absolute Gasteiger partial charge is 0.493 e. The molecule has 27 heavy (non-hydrogen) atoms. The molecule has 3 rings (SSSR count). The van der Waals surface area contributed by atoms with Crippen LogP contribution in [0.1, 0.15) is 18.5 Å². The molecule has 1 atom stereocenters. The van der Waals surface area contributed by atoms with Crippen LogP contribution in [0.25, 0.3) is 10.6 Å². The minimum atomic E-state index is -0.278. The van der Waals surface area contributed by atoms with Gasteiger partial charge in [-0.2, -0.15) is 0 Å². The molecule has 6 nitrogen and oxygen atoms in total. The van der Waals surface area contributed by atoms with Crippen LogP contribution in [0.2, 0.25) is 0 Å². The van der Waals surface area contributed by atoms with Gasteiger partial charge in [0.1, 0.15) is 5.01 Å². The van der Waals surface area contributed by atoms with Crippen molar-refractivity contribution in [3.8, 4) is 22.1 Å². The maximum Gasteiger partial charge on any atom is 0.319 e. The maximum absolute atomic E-state index is 12.3. The Morgan fingerprint density at radius 2 is 1.81 bits per heavy atom. The third-order valence-electron chi connectivity index (χ3n) is 4.08. The second-order valence-corrected chi connectivity index (χ2v) is 6.74. The van der Waals surface area contributed by atoms with Crippen LogP contribution in [-0.2, 0) is 0 Å². The lowest BCUT2D eigenvalue weighted by atomic mass is 10.1. The highest BCUT2D eigenvalue weighted by atomic mass is 32.1. The average Bonchev–Trinajstić information content (AvgIpc) is 3.22. The summed E-state index contributed by atoms with van der Waals surface area (Å²) in [6.07, 6.45) is 1.77. The second kappa shape index (κ2) is 8.55. The molecule has 7 heteroatoms. The lowest BCUT2D eigenvalue weighted by Crippen LogP contribution is -2.31. The average molecular weight is 383 g/mol. The molecule has 0 bridgehead atoms. The molecule has 3 aromatic rings. The van der Waals surface area contributed by atoms with Crippen molar-refractivity contribution in [2.24, 2.45) is 0 Å². The third kappa shape index (κ3) is 4.57. The number of benzene rings is 2. The number of thiazole rings is 1. The Kier molecular flexibility index (Phi) is 5.93. The molecular formula is C20H21N3O3S. The molecule has 0 aliphatic carbocycles. The molecular weight excluding hydrogens is 362 g/mol. The Balaban J connectivity index is 1.61. The minimum absolute atomic E-state index is 0.195. The van der Waals surface area contributed by atoms with Crippen LogP contribution < -0.4 is 20.1 Å². The normalized spacial score (nSPS) is 11.5. The Morgan fingerprint density at radius 1 is 1.07 bits per heavy atom. The minimum Gasteiger partial charge on any atom is -0.493 e. The zero-order chi connectivity index (χ0) is 19.2. The van der Waals surface area contributed by atoms with Crippen molar-refractivity contribution in [3.05, 3.63) is 59.6 Å². The highest BCUT2D eigenvalue weighted by Crippen LogP contribution is 2.30. The third-order valence-corrected chi connectivity index (χ3v) is 4.90. The Morgan fingerprint density at radius 3 is 2.44 bits per heavy atom. The summed E-state index contributed by atoms with van der Waals surface area (Å²) in [5.41, 5.74) is 2.66. The molecule has 1 heterocycles. The molecule has 2 N–H and O–H groups in total. The van der Waals surface area contributed by atoms with Crippen molar-refractivity contribution < 1.29 is 14.3 Å². The van der Waals surface area contributed by atoms with Crippen molar-refractivity contribution in [2.75, 3.05) is 19.5 Å². The molecule has 140 valence electrons. The zero-order valence-electron chi connectivity index (χ0n) is 15.4. The van der Waals surface area contributed by atoms with Gasteiger partial charge < -0.3 is 20.1 Å². The zero-order valence-corrected chi connectivity index (χ0v) is 16.2. The van der Waals surface area contributed by atoms with Crippen molar-refractivity contribution in [3.63, 3.8) is 0 Å². The van der Waals surface area contributed by atoms with Crippen LogP contribution in [0.15, 0.2) is 54.0 Å². The van der Waals surface area contributed by atoms with Crippen molar-refractivity contribution in [1.82, 2.24) is 10.3 Å². The van der Waals surface area contributed by atoms with Gasteiger partial charge in [-0.1, -0.05) is 6.07 Å². The van der Waals surface area contributed by atoms with Gasteiger partial charge in [-0.3, -0.25) is 0 Å².